The summed E-state index contributed by atoms with van der Waals surface area (Å²) in [5.74, 6) is 0.421. The molecular formula is C19H14FN3O2. The fourth-order valence-corrected chi connectivity index (χ4v) is 2.58. The minimum atomic E-state index is -0.417. The quantitative estimate of drug-likeness (QED) is 0.550. The SMILES string of the molecule is CCOc1nc2ccccc2cc1-c1noc(-c2ccccc2F)n1. The van der Waals surface area contributed by atoms with Crippen LogP contribution in [-0.4, -0.2) is 21.7 Å². The molecular weight excluding hydrogens is 321 g/mol. The zero-order valence-electron chi connectivity index (χ0n) is 13.4. The highest BCUT2D eigenvalue weighted by molar-refractivity contribution is 5.85. The molecule has 4 aromatic rings. The monoisotopic (exact) mass is 335 g/mol. The number of rotatable bonds is 4. The number of para-hydroxylation sites is 1. The summed E-state index contributed by atoms with van der Waals surface area (Å²) in [5, 5.41) is 4.91. The molecule has 0 saturated heterocycles. The van der Waals surface area contributed by atoms with E-state index < -0.39 is 5.82 Å². The van der Waals surface area contributed by atoms with Gasteiger partial charge >= 0.3 is 0 Å². The van der Waals surface area contributed by atoms with Crippen LogP contribution < -0.4 is 4.74 Å². The fraction of sp³-hybridized carbons (Fsp3) is 0.105. The zero-order valence-corrected chi connectivity index (χ0v) is 13.4. The molecule has 0 spiro atoms. The van der Waals surface area contributed by atoms with Crippen LogP contribution in [0.4, 0.5) is 4.39 Å². The molecule has 0 bridgehead atoms. The van der Waals surface area contributed by atoms with Gasteiger partial charge in [-0.2, -0.15) is 4.98 Å². The second kappa shape index (κ2) is 6.32. The van der Waals surface area contributed by atoms with Gasteiger partial charge in [0.05, 0.1) is 23.3 Å². The van der Waals surface area contributed by atoms with Crippen molar-refractivity contribution in [3.63, 3.8) is 0 Å². The molecule has 124 valence electrons. The lowest BCUT2D eigenvalue weighted by molar-refractivity contribution is 0.329. The highest BCUT2D eigenvalue weighted by Gasteiger charge is 2.18. The summed E-state index contributed by atoms with van der Waals surface area (Å²) in [5.41, 5.74) is 1.67. The Morgan fingerprint density at radius 1 is 1.00 bits per heavy atom. The van der Waals surface area contributed by atoms with Gasteiger partial charge in [-0.05, 0) is 31.2 Å². The Labute approximate surface area is 143 Å². The van der Waals surface area contributed by atoms with E-state index in [4.69, 9.17) is 9.26 Å². The van der Waals surface area contributed by atoms with Crippen LogP contribution in [0.25, 0.3) is 33.7 Å². The van der Waals surface area contributed by atoms with Crippen LogP contribution in [-0.2, 0) is 0 Å². The van der Waals surface area contributed by atoms with Crippen molar-refractivity contribution in [2.75, 3.05) is 6.61 Å². The van der Waals surface area contributed by atoms with Gasteiger partial charge in [0.15, 0.2) is 0 Å². The van der Waals surface area contributed by atoms with E-state index in [0.717, 1.165) is 10.9 Å². The molecule has 0 atom stereocenters. The Kier molecular flexibility index (Phi) is 3.85. The Hall–Kier alpha value is -3.28. The molecule has 25 heavy (non-hydrogen) atoms. The van der Waals surface area contributed by atoms with Crippen LogP contribution in [0.15, 0.2) is 59.1 Å². The van der Waals surface area contributed by atoms with E-state index in [1.165, 1.54) is 6.07 Å². The fourth-order valence-electron chi connectivity index (χ4n) is 2.58. The van der Waals surface area contributed by atoms with Crippen molar-refractivity contribution < 1.29 is 13.7 Å². The van der Waals surface area contributed by atoms with Crippen LogP contribution in [0.5, 0.6) is 5.88 Å². The first kappa shape index (κ1) is 15.3. The van der Waals surface area contributed by atoms with Crippen molar-refractivity contribution in [3.8, 4) is 28.7 Å². The third-order valence-electron chi connectivity index (χ3n) is 3.74. The number of hydrogen-bond donors (Lipinski definition) is 0. The Morgan fingerprint density at radius 3 is 2.64 bits per heavy atom. The summed E-state index contributed by atoms with van der Waals surface area (Å²) in [7, 11) is 0. The highest BCUT2D eigenvalue weighted by Crippen LogP contribution is 2.31. The van der Waals surface area contributed by atoms with Crippen LogP contribution in [0.2, 0.25) is 0 Å². The van der Waals surface area contributed by atoms with Gasteiger partial charge in [0.2, 0.25) is 11.7 Å². The molecule has 0 aliphatic heterocycles. The summed E-state index contributed by atoms with van der Waals surface area (Å²) in [4.78, 5) is 8.85. The lowest BCUT2D eigenvalue weighted by Gasteiger charge is -2.08. The molecule has 0 saturated carbocycles. The molecule has 0 aliphatic rings. The van der Waals surface area contributed by atoms with Crippen molar-refractivity contribution in [1.82, 2.24) is 15.1 Å². The lowest BCUT2D eigenvalue weighted by Crippen LogP contribution is -1.98. The van der Waals surface area contributed by atoms with E-state index in [1.54, 1.807) is 18.2 Å². The van der Waals surface area contributed by atoms with Crippen molar-refractivity contribution in [1.29, 1.82) is 0 Å². The molecule has 5 nitrogen and oxygen atoms in total. The van der Waals surface area contributed by atoms with Gasteiger partial charge in [0.25, 0.3) is 5.89 Å². The second-order valence-corrected chi connectivity index (χ2v) is 5.37. The lowest BCUT2D eigenvalue weighted by atomic mass is 10.1. The van der Waals surface area contributed by atoms with Crippen molar-refractivity contribution in [2.24, 2.45) is 0 Å². The van der Waals surface area contributed by atoms with Crippen LogP contribution in [0.3, 0.4) is 0 Å². The first-order chi connectivity index (χ1) is 12.3. The first-order valence-corrected chi connectivity index (χ1v) is 7.88. The normalized spacial score (nSPS) is 11.0. The molecule has 0 aliphatic carbocycles. The number of ether oxygens (including phenoxy) is 1. The standard InChI is InChI=1S/C19H14FN3O2/c1-2-24-18-14(11-12-7-3-6-10-16(12)21-18)17-22-19(25-23-17)13-8-4-5-9-15(13)20/h3-11H,2H2,1H3. The maximum absolute atomic E-state index is 13.9. The zero-order chi connectivity index (χ0) is 17.2. The van der Waals surface area contributed by atoms with Crippen LogP contribution in [0.1, 0.15) is 6.92 Å². The Bertz CT molecular complexity index is 1050. The average Bonchev–Trinajstić information content (AvgIpc) is 3.11. The number of aromatic nitrogens is 3. The van der Waals surface area contributed by atoms with Gasteiger partial charge in [0.1, 0.15) is 5.82 Å². The predicted octanol–water partition coefficient (Wildman–Crippen LogP) is 4.49. The average molecular weight is 335 g/mol. The number of fused-ring (bicyclic) bond motifs is 1. The van der Waals surface area contributed by atoms with Crippen molar-refractivity contribution in [2.45, 2.75) is 6.92 Å². The predicted molar refractivity (Wildman–Crippen MR) is 91.6 cm³/mol. The van der Waals surface area contributed by atoms with E-state index >= 15 is 0 Å². The number of nitrogens with zero attached hydrogens (tertiary/aromatic N) is 3. The van der Waals surface area contributed by atoms with Crippen molar-refractivity contribution >= 4 is 10.9 Å². The van der Waals surface area contributed by atoms with Gasteiger partial charge in [-0.3, -0.25) is 0 Å². The molecule has 0 unspecified atom stereocenters. The summed E-state index contributed by atoms with van der Waals surface area (Å²) >= 11 is 0. The minimum Gasteiger partial charge on any atom is -0.477 e. The van der Waals surface area contributed by atoms with Gasteiger partial charge in [-0.1, -0.05) is 35.5 Å². The van der Waals surface area contributed by atoms with E-state index in [2.05, 4.69) is 15.1 Å². The third-order valence-corrected chi connectivity index (χ3v) is 3.74. The molecule has 0 amide bonds. The largest absolute Gasteiger partial charge is 0.477 e. The van der Waals surface area contributed by atoms with Gasteiger partial charge in [-0.15, -0.1) is 0 Å². The summed E-state index contributed by atoms with van der Waals surface area (Å²) in [6.45, 7) is 2.33. The van der Waals surface area contributed by atoms with Crippen molar-refractivity contribution in [3.05, 3.63) is 60.4 Å². The third kappa shape index (κ3) is 2.82. The summed E-state index contributed by atoms with van der Waals surface area (Å²) in [6, 6.07) is 15.8. The summed E-state index contributed by atoms with van der Waals surface area (Å²) in [6.07, 6.45) is 0. The van der Waals surface area contributed by atoms with Gasteiger partial charge in [-0.25, -0.2) is 9.37 Å². The Balaban J connectivity index is 1.84. The molecule has 0 N–H and O–H groups in total. The highest BCUT2D eigenvalue weighted by atomic mass is 19.1. The van der Waals surface area contributed by atoms with Gasteiger partial charge in [0, 0.05) is 5.39 Å². The molecule has 2 heterocycles. The maximum atomic E-state index is 13.9. The number of hydrogen-bond acceptors (Lipinski definition) is 5. The smallest absolute Gasteiger partial charge is 0.261 e. The molecule has 2 aromatic carbocycles. The molecule has 0 radical (unpaired) electrons. The molecule has 2 aromatic heterocycles. The molecule has 6 heteroatoms. The molecule has 0 fully saturated rings. The van der Waals surface area contributed by atoms with E-state index in [1.807, 2.05) is 37.3 Å². The van der Waals surface area contributed by atoms with E-state index in [0.29, 0.717) is 23.9 Å². The van der Waals surface area contributed by atoms with Crippen LogP contribution >= 0.6 is 0 Å². The van der Waals surface area contributed by atoms with E-state index in [-0.39, 0.29) is 11.5 Å². The Morgan fingerprint density at radius 2 is 1.80 bits per heavy atom. The topological polar surface area (TPSA) is 61.0 Å². The van der Waals surface area contributed by atoms with Crippen LogP contribution in [0, 0.1) is 5.82 Å². The summed E-state index contributed by atoms with van der Waals surface area (Å²) < 4.78 is 24.8. The van der Waals surface area contributed by atoms with Gasteiger partial charge < -0.3 is 9.26 Å². The van der Waals surface area contributed by atoms with E-state index in [9.17, 15) is 4.39 Å². The maximum Gasteiger partial charge on any atom is 0.261 e. The number of halogens is 1. The number of benzene rings is 2. The number of pyridine rings is 1. The molecule has 4 rings (SSSR count). The first-order valence-electron chi connectivity index (χ1n) is 7.88. The second-order valence-electron chi connectivity index (χ2n) is 5.37. The minimum absolute atomic E-state index is 0.115.